The first kappa shape index (κ1) is 11.2. The zero-order valence-corrected chi connectivity index (χ0v) is 9.44. The summed E-state index contributed by atoms with van der Waals surface area (Å²) in [4.78, 5) is 24.3. The number of carboxylic acids is 1. The average Bonchev–Trinajstić information content (AvgIpc) is 2.57. The Morgan fingerprint density at radius 2 is 2.06 bits per heavy atom. The summed E-state index contributed by atoms with van der Waals surface area (Å²) in [6, 6.07) is 0.0323. The van der Waals surface area contributed by atoms with Gasteiger partial charge in [0.15, 0.2) is 5.54 Å². The maximum Gasteiger partial charge on any atom is 0.411 e. The average molecular weight is 227 g/mol. The van der Waals surface area contributed by atoms with E-state index in [0.29, 0.717) is 0 Å². The Bertz CT molecular complexity index is 311. The molecule has 2 fully saturated rings. The number of cyclic esters (lactones) is 1. The third-order valence-electron chi connectivity index (χ3n) is 3.61. The van der Waals surface area contributed by atoms with Gasteiger partial charge < -0.3 is 9.84 Å². The SMILES string of the molecule is CC1(C(=O)O)COC(=O)N1C1CCCCC1. The minimum absolute atomic E-state index is 0.0323. The zero-order chi connectivity index (χ0) is 11.8. The minimum atomic E-state index is -1.18. The van der Waals surface area contributed by atoms with Gasteiger partial charge in [0.2, 0.25) is 0 Å². The van der Waals surface area contributed by atoms with Crippen LogP contribution in [-0.2, 0) is 9.53 Å². The summed E-state index contributed by atoms with van der Waals surface area (Å²) < 4.78 is 4.90. The van der Waals surface area contributed by atoms with Crippen LogP contribution >= 0.6 is 0 Å². The van der Waals surface area contributed by atoms with Crippen LogP contribution in [0.25, 0.3) is 0 Å². The van der Waals surface area contributed by atoms with Crippen LogP contribution in [-0.4, -0.2) is 40.3 Å². The smallest absolute Gasteiger partial charge is 0.411 e. The van der Waals surface area contributed by atoms with Gasteiger partial charge in [0, 0.05) is 6.04 Å². The monoisotopic (exact) mass is 227 g/mol. The molecule has 90 valence electrons. The Labute approximate surface area is 94.4 Å². The van der Waals surface area contributed by atoms with Crippen LogP contribution in [0.15, 0.2) is 0 Å². The largest absolute Gasteiger partial charge is 0.479 e. The van der Waals surface area contributed by atoms with E-state index in [1.807, 2.05) is 0 Å². The number of rotatable bonds is 2. The molecule has 5 nitrogen and oxygen atoms in total. The van der Waals surface area contributed by atoms with E-state index in [0.717, 1.165) is 25.7 Å². The summed E-state index contributed by atoms with van der Waals surface area (Å²) in [5.74, 6) is -0.982. The number of amides is 1. The van der Waals surface area contributed by atoms with Crippen molar-refractivity contribution in [2.45, 2.75) is 50.6 Å². The van der Waals surface area contributed by atoms with Gasteiger partial charge in [-0.1, -0.05) is 19.3 Å². The molecule has 1 N–H and O–H groups in total. The fraction of sp³-hybridized carbons (Fsp3) is 0.818. The molecular formula is C11H17NO4. The van der Waals surface area contributed by atoms with Crippen LogP contribution in [0.1, 0.15) is 39.0 Å². The first-order valence-corrected chi connectivity index (χ1v) is 5.75. The number of hydrogen-bond donors (Lipinski definition) is 1. The molecule has 16 heavy (non-hydrogen) atoms. The van der Waals surface area contributed by atoms with Gasteiger partial charge in [-0.15, -0.1) is 0 Å². The van der Waals surface area contributed by atoms with Gasteiger partial charge in [-0.05, 0) is 19.8 Å². The Balaban J connectivity index is 2.21. The van der Waals surface area contributed by atoms with E-state index in [2.05, 4.69) is 0 Å². The van der Waals surface area contributed by atoms with Crippen molar-refractivity contribution in [2.75, 3.05) is 6.61 Å². The van der Waals surface area contributed by atoms with Gasteiger partial charge in [-0.2, -0.15) is 0 Å². The van der Waals surface area contributed by atoms with Crippen LogP contribution in [0.5, 0.6) is 0 Å². The summed E-state index contributed by atoms with van der Waals surface area (Å²) in [5.41, 5.74) is -1.18. The molecule has 1 unspecified atom stereocenters. The number of carbonyl (C=O) groups excluding carboxylic acids is 1. The fourth-order valence-electron chi connectivity index (χ4n) is 2.60. The second-order valence-electron chi connectivity index (χ2n) is 4.80. The van der Waals surface area contributed by atoms with Gasteiger partial charge in [-0.25, -0.2) is 9.59 Å². The van der Waals surface area contributed by atoms with Crippen LogP contribution in [0.2, 0.25) is 0 Å². The first-order valence-electron chi connectivity index (χ1n) is 5.75. The van der Waals surface area contributed by atoms with Crippen LogP contribution in [0.3, 0.4) is 0 Å². The maximum absolute atomic E-state index is 11.6. The number of carbonyl (C=O) groups is 2. The Hall–Kier alpha value is -1.26. The quantitative estimate of drug-likeness (QED) is 0.778. The molecule has 1 atom stereocenters. The lowest BCUT2D eigenvalue weighted by Gasteiger charge is -2.36. The molecule has 1 amide bonds. The molecule has 1 heterocycles. The van der Waals surface area contributed by atoms with Crippen molar-refractivity contribution in [3.8, 4) is 0 Å². The number of hydrogen-bond acceptors (Lipinski definition) is 3. The van der Waals surface area contributed by atoms with Crippen molar-refractivity contribution < 1.29 is 19.4 Å². The van der Waals surface area contributed by atoms with Gasteiger partial charge in [-0.3, -0.25) is 4.90 Å². The third kappa shape index (κ3) is 1.64. The van der Waals surface area contributed by atoms with E-state index in [9.17, 15) is 14.7 Å². The lowest BCUT2D eigenvalue weighted by molar-refractivity contribution is -0.148. The van der Waals surface area contributed by atoms with Crippen molar-refractivity contribution in [3.63, 3.8) is 0 Å². The Kier molecular flexibility index (Phi) is 2.78. The molecule has 0 radical (unpaired) electrons. The highest BCUT2D eigenvalue weighted by Gasteiger charge is 2.52. The number of nitrogens with zero attached hydrogens (tertiary/aromatic N) is 1. The molecule has 0 bridgehead atoms. The highest BCUT2D eigenvalue weighted by molar-refractivity contribution is 5.87. The zero-order valence-electron chi connectivity index (χ0n) is 9.44. The number of aliphatic carboxylic acids is 1. The number of ether oxygens (including phenoxy) is 1. The van der Waals surface area contributed by atoms with Crippen LogP contribution < -0.4 is 0 Å². The van der Waals surface area contributed by atoms with E-state index in [4.69, 9.17) is 4.74 Å². The van der Waals surface area contributed by atoms with Crippen molar-refractivity contribution in [1.29, 1.82) is 0 Å². The molecule has 1 saturated carbocycles. The van der Waals surface area contributed by atoms with Crippen molar-refractivity contribution in [1.82, 2.24) is 4.90 Å². The highest BCUT2D eigenvalue weighted by atomic mass is 16.6. The lowest BCUT2D eigenvalue weighted by Crippen LogP contribution is -2.55. The summed E-state index contributed by atoms with van der Waals surface area (Å²) >= 11 is 0. The molecule has 5 heteroatoms. The summed E-state index contributed by atoms with van der Waals surface area (Å²) in [5, 5.41) is 9.22. The standard InChI is InChI=1S/C11H17NO4/c1-11(9(13)14)7-16-10(15)12(11)8-5-3-2-4-6-8/h8H,2-7H2,1H3,(H,13,14). The summed E-state index contributed by atoms with van der Waals surface area (Å²) in [7, 11) is 0. The minimum Gasteiger partial charge on any atom is -0.479 e. The second kappa shape index (κ2) is 3.96. The van der Waals surface area contributed by atoms with Crippen molar-refractivity contribution >= 4 is 12.1 Å². The molecule has 1 aliphatic heterocycles. The van der Waals surface area contributed by atoms with E-state index in [1.54, 1.807) is 6.92 Å². The van der Waals surface area contributed by atoms with Crippen molar-refractivity contribution in [2.24, 2.45) is 0 Å². The van der Waals surface area contributed by atoms with Crippen molar-refractivity contribution in [3.05, 3.63) is 0 Å². The summed E-state index contributed by atoms with van der Waals surface area (Å²) in [6.45, 7) is 1.52. The molecule has 0 aromatic heterocycles. The molecule has 1 aliphatic carbocycles. The third-order valence-corrected chi connectivity index (χ3v) is 3.61. The number of carboxylic acid groups (broad SMARTS) is 1. The van der Waals surface area contributed by atoms with E-state index in [-0.39, 0.29) is 12.6 Å². The van der Waals surface area contributed by atoms with E-state index >= 15 is 0 Å². The molecular weight excluding hydrogens is 210 g/mol. The van der Waals surface area contributed by atoms with Crippen LogP contribution in [0, 0.1) is 0 Å². The first-order chi connectivity index (χ1) is 7.55. The molecule has 2 aliphatic rings. The molecule has 1 saturated heterocycles. The normalized spacial score (nSPS) is 31.6. The predicted octanol–water partition coefficient (Wildman–Crippen LogP) is 1.61. The van der Waals surface area contributed by atoms with E-state index in [1.165, 1.54) is 11.3 Å². The predicted molar refractivity (Wildman–Crippen MR) is 56.1 cm³/mol. The molecule has 2 rings (SSSR count). The van der Waals surface area contributed by atoms with Gasteiger partial charge >= 0.3 is 12.1 Å². The Morgan fingerprint density at radius 1 is 1.44 bits per heavy atom. The Morgan fingerprint density at radius 3 is 2.62 bits per heavy atom. The highest BCUT2D eigenvalue weighted by Crippen LogP contribution is 2.33. The fourth-order valence-corrected chi connectivity index (χ4v) is 2.60. The second-order valence-corrected chi connectivity index (χ2v) is 4.80. The summed E-state index contributed by atoms with van der Waals surface area (Å²) in [6.07, 6.45) is 4.59. The van der Waals surface area contributed by atoms with Gasteiger partial charge in [0.1, 0.15) is 6.61 Å². The van der Waals surface area contributed by atoms with E-state index < -0.39 is 17.6 Å². The van der Waals surface area contributed by atoms with Gasteiger partial charge in [0.25, 0.3) is 0 Å². The maximum atomic E-state index is 11.6. The topological polar surface area (TPSA) is 66.8 Å². The van der Waals surface area contributed by atoms with Gasteiger partial charge in [0.05, 0.1) is 0 Å². The van der Waals surface area contributed by atoms with Crippen LogP contribution in [0.4, 0.5) is 4.79 Å². The lowest BCUT2D eigenvalue weighted by atomic mass is 9.90. The molecule has 0 spiro atoms. The molecule has 0 aromatic carbocycles. The molecule has 0 aromatic rings.